The standard InChI is InChI=1S/C25H19Cl2N3O6S/c1-13-10-19(21(27)20(11-13)37(33,34)35)29-30-22-15-7-4-3-6-14(15)12-16(23(22)31)25(32)28-18-9-5-8-17(26)24(18)36-2/h3-12,31H,1-2H3,(H,28,32)(H,33,34,35). The number of aryl methyl sites for hydroxylation is 1. The molecule has 0 bridgehead atoms. The number of halogens is 2. The van der Waals surface area contributed by atoms with Crippen LogP contribution in [0.25, 0.3) is 10.8 Å². The number of fused-ring (bicyclic) bond motifs is 1. The van der Waals surface area contributed by atoms with Gasteiger partial charge in [0.1, 0.15) is 16.3 Å². The second kappa shape index (κ2) is 10.3. The van der Waals surface area contributed by atoms with Crippen molar-refractivity contribution in [3.8, 4) is 11.5 Å². The summed E-state index contributed by atoms with van der Waals surface area (Å²) in [6.07, 6.45) is 0. The quantitative estimate of drug-likeness (QED) is 0.170. The molecule has 4 aromatic carbocycles. The molecule has 1 amide bonds. The fourth-order valence-corrected chi connectivity index (χ4v) is 5.03. The lowest BCUT2D eigenvalue weighted by Crippen LogP contribution is -2.13. The second-order valence-corrected chi connectivity index (χ2v) is 10.1. The topological polar surface area (TPSA) is 138 Å². The average molecular weight is 560 g/mol. The van der Waals surface area contributed by atoms with E-state index in [-0.39, 0.29) is 32.7 Å². The molecule has 0 heterocycles. The Bertz CT molecular complexity index is 1690. The van der Waals surface area contributed by atoms with Crippen molar-refractivity contribution in [2.45, 2.75) is 11.8 Å². The molecule has 37 heavy (non-hydrogen) atoms. The zero-order valence-corrected chi connectivity index (χ0v) is 21.7. The third kappa shape index (κ3) is 5.37. The van der Waals surface area contributed by atoms with E-state index in [4.69, 9.17) is 27.9 Å². The molecule has 0 unspecified atom stereocenters. The first kappa shape index (κ1) is 26.4. The maximum atomic E-state index is 13.2. The van der Waals surface area contributed by atoms with Gasteiger partial charge in [-0.25, -0.2) is 0 Å². The fourth-order valence-electron chi connectivity index (χ4n) is 3.68. The van der Waals surface area contributed by atoms with Crippen molar-refractivity contribution < 1.29 is 27.6 Å². The number of nitrogens with one attached hydrogen (secondary N) is 1. The van der Waals surface area contributed by atoms with Gasteiger partial charge in [-0.3, -0.25) is 9.35 Å². The molecular formula is C25H19Cl2N3O6S. The number of nitrogens with zero attached hydrogens (tertiary/aromatic N) is 2. The number of phenols is 1. The maximum absolute atomic E-state index is 13.2. The number of ether oxygens (including phenoxy) is 1. The number of benzene rings is 4. The van der Waals surface area contributed by atoms with Gasteiger partial charge in [0.15, 0.2) is 11.5 Å². The lowest BCUT2D eigenvalue weighted by Gasteiger charge is -2.14. The lowest BCUT2D eigenvalue weighted by atomic mass is 10.0. The summed E-state index contributed by atoms with van der Waals surface area (Å²) in [5.74, 6) is -0.885. The van der Waals surface area contributed by atoms with Crippen LogP contribution < -0.4 is 10.1 Å². The number of hydrogen-bond acceptors (Lipinski definition) is 7. The summed E-state index contributed by atoms with van der Waals surface area (Å²) in [6, 6.07) is 15.8. The van der Waals surface area contributed by atoms with Gasteiger partial charge in [-0.15, -0.1) is 10.2 Å². The van der Waals surface area contributed by atoms with Crippen LogP contribution in [0.4, 0.5) is 17.1 Å². The van der Waals surface area contributed by atoms with Gasteiger partial charge in [0.2, 0.25) is 0 Å². The van der Waals surface area contributed by atoms with Gasteiger partial charge in [-0.1, -0.05) is 53.5 Å². The van der Waals surface area contributed by atoms with Gasteiger partial charge >= 0.3 is 0 Å². The Labute approximate surface area is 222 Å². The van der Waals surface area contributed by atoms with Gasteiger partial charge in [-0.2, -0.15) is 8.42 Å². The Balaban J connectivity index is 1.83. The van der Waals surface area contributed by atoms with Crippen LogP contribution in [0.15, 0.2) is 75.8 Å². The highest BCUT2D eigenvalue weighted by Crippen LogP contribution is 2.41. The van der Waals surface area contributed by atoms with E-state index >= 15 is 0 Å². The largest absolute Gasteiger partial charge is 0.505 e. The highest BCUT2D eigenvalue weighted by atomic mass is 35.5. The number of para-hydroxylation sites is 1. The van der Waals surface area contributed by atoms with E-state index in [0.29, 0.717) is 22.0 Å². The molecule has 3 N–H and O–H groups in total. The molecule has 0 saturated carbocycles. The molecule has 0 aromatic heterocycles. The second-order valence-electron chi connectivity index (χ2n) is 7.89. The number of aromatic hydroxyl groups is 1. The molecule has 0 aliphatic carbocycles. The SMILES string of the molecule is COc1c(Cl)cccc1NC(=O)c1cc2ccccc2c(N=Nc2cc(C)cc(S(=O)(=O)O)c2Cl)c1O. The first-order valence-corrected chi connectivity index (χ1v) is 12.8. The number of phenolic OH excluding ortho intramolecular Hbond substituents is 1. The van der Waals surface area contributed by atoms with Crippen LogP contribution in [-0.2, 0) is 10.1 Å². The van der Waals surface area contributed by atoms with Crippen LogP contribution in [0.5, 0.6) is 11.5 Å². The van der Waals surface area contributed by atoms with Crippen LogP contribution in [0.3, 0.4) is 0 Å². The Hall–Kier alpha value is -3.70. The average Bonchev–Trinajstić information content (AvgIpc) is 2.84. The van der Waals surface area contributed by atoms with E-state index < -0.39 is 26.7 Å². The molecule has 0 fully saturated rings. The van der Waals surface area contributed by atoms with Crippen molar-refractivity contribution in [2.24, 2.45) is 10.2 Å². The van der Waals surface area contributed by atoms with E-state index in [1.54, 1.807) is 49.4 Å². The number of anilines is 1. The molecule has 4 rings (SSSR count). The van der Waals surface area contributed by atoms with Crippen LogP contribution in [0.1, 0.15) is 15.9 Å². The monoisotopic (exact) mass is 559 g/mol. The van der Waals surface area contributed by atoms with Gasteiger partial charge in [0.25, 0.3) is 16.0 Å². The first-order chi connectivity index (χ1) is 17.5. The Morgan fingerprint density at radius 3 is 2.46 bits per heavy atom. The molecule has 0 spiro atoms. The van der Waals surface area contributed by atoms with E-state index in [0.717, 1.165) is 0 Å². The molecule has 0 aliphatic heterocycles. The summed E-state index contributed by atoms with van der Waals surface area (Å²) >= 11 is 12.3. The predicted molar refractivity (Wildman–Crippen MR) is 142 cm³/mol. The van der Waals surface area contributed by atoms with E-state index in [1.807, 2.05) is 0 Å². The van der Waals surface area contributed by atoms with E-state index in [2.05, 4.69) is 15.5 Å². The summed E-state index contributed by atoms with van der Waals surface area (Å²) in [5, 5.41) is 22.9. The number of azo groups is 1. The zero-order chi connectivity index (χ0) is 26.9. The molecule has 0 saturated heterocycles. The van der Waals surface area contributed by atoms with E-state index in [1.165, 1.54) is 25.3 Å². The molecule has 4 aromatic rings. The highest BCUT2D eigenvalue weighted by molar-refractivity contribution is 7.86. The number of rotatable bonds is 6. The molecule has 190 valence electrons. The third-order valence-corrected chi connectivity index (χ3v) is 7.04. The van der Waals surface area contributed by atoms with Crippen molar-refractivity contribution in [3.05, 3.63) is 81.8 Å². The maximum Gasteiger partial charge on any atom is 0.296 e. The minimum absolute atomic E-state index is 0.0488. The van der Waals surface area contributed by atoms with Crippen molar-refractivity contribution in [1.29, 1.82) is 0 Å². The van der Waals surface area contributed by atoms with Crippen molar-refractivity contribution >= 4 is 67.1 Å². The van der Waals surface area contributed by atoms with Crippen LogP contribution in [0, 0.1) is 6.92 Å². The minimum Gasteiger partial charge on any atom is -0.505 e. The molecule has 9 nitrogen and oxygen atoms in total. The van der Waals surface area contributed by atoms with Crippen molar-refractivity contribution in [2.75, 3.05) is 12.4 Å². The Morgan fingerprint density at radius 2 is 1.76 bits per heavy atom. The van der Waals surface area contributed by atoms with Crippen LogP contribution >= 0.6 is 23.2 Å². The van der Waals surface area contributed by atoms with Gasteiger partial charge in [0, 0.05) is 5.39 Å². The highest BCUT2D eigenvalue weighted by Gasteiger charge is 2.21. The van der Waals surface area contributed by atoms with Gasteiger partial charge in [-0.05, 0) is 48.2 Å². The Kier molecular flexibility index (Phi) is 7.37. The van der Waals surface area contributed by atoms with Gasteiger partial charge in [0.05, 0.1) is 28.4 Å². The molecule has 12 heteroatoms. The zero-order valence-electron chi connectivity index (χ0n) is 19.4. The fraction of sp³-hybridized carbons (Fsp3) is 0.0800. The summed E-state index contributed by atoms with van der Waals surface area (Å²) in [5.41, 5.74) is 0.524. The number of hydrogen-bond donors (Lipinski definition) is 3. The molecular weight excluding hydrogens is 541 g/mol. The van der Waals surface area contributed by atoms with E-state index in [9.17, 15) is 22.9 Å². The van der Waals surface area contributed by atoms with Crippen LogP contribution in [-0.4, -0.2) is 31.1 Å². The number of amides is 1. The van der Waals surface area contributed by atoms with Crippen molar-refractivity contribution in [3.63, 3.8) is 0 Å². The number of carbonyl (C=O) groups excluding carboxylic acids is 1. The van der Waals surface area contributed by atoms with Crippen molar-refractivity contribution in [1.82, 2.24) is 0 Å². The van der Waals surface area contributed by atoms with Crippen LogP contribution in [0.2, 0.25) is 10.0 Å². The summed E-state index contributed by atoms with van der Waals surface area (Å²) < 4.78 is 38.1. The number of carbonyl (C=O) groups is 1. The summed E-state index contributed by atoms with van der Waals surface area (Å²) in [4.78, 5) is 12.7. The summed E-state index contributed by atoms with van der Waals surface area (Å²) in [6.45, 7) is 1.59. The van der Waals surface area contributed by atoms with Gasteiger partial charge < -0.3 is 15.2 Å². The normalized spacial score (nSPS) is 11.7. The first-order valence-electron chi connectivity index (χ1n) is 10.6. The molecule has 0 atom stereocenters. The lowest BCUT2D eigenvalue weighted by molar-refractivity contribution is 0.102. The third-order valence-electron chi connectivity index (χ3n) is 5.36. The minimum atomic E-state index is -4.62. The number of methoxy groups -OCH3 is 1. The summed E-state index contributed by atoms with van der Waals surface area (Å²) in [7, 11) is -3.21. The smallest absolute Gasteiger partial charge is 0.296 e. The molecule has 0 aliphatic rings. The molecule has 0 radical (unpaired) electrons. The predicted octanol–water partition coefficient (Wildman–Crippen LogP) is 7.08. The Morgan fingerprint density at radius 1 is 1.03 bits per heavy atom.